The first-order valence-corrected chi connectivity index (χ1v) is 16.4. The quantitative estimate of drug-likeness (QED) is 0.275. The van der Waals surface area contributed by atoms with Crippen molar-refractivity contribution in [3.05, 3.63) is 62.4 Å². The lowest BCUT2D eigenvalue weighted by Crippen LogP contribution is -2.38. The van der Waals surface area contributed by atoms with Crippen molar-refractivity contribution in [3.63, 3.8) is 0 Å². The van der Waals surface area contributed by atoms with E-state index in [1.165, 1.54) is 18.2 Å². The molecule has 2 aromatic rings. The van der Waals surface area contributed by atoms with Crippen molar-refractivity contribution in [2.75, 3.05) is 39.3 Å². The largest absolute Gasteiger partial charge is 0.370 e. The fourth-order valence-corrected chi connectivity index (χ4v) is 6.85. The van der Waals surface area contributed by atoms with Gasteiger partial charge in [0.15, 0.2) is 5.76 Å². The normalized spacial score (nSPS) is 20.2. The van der Waals surface area contributed by atoms with Crippen LogP contribution in [0.3, 0.4) is 0 Å². The SMILES string of the molecule is Cc1nc2n(c(=O)c1CCN1CCC(c3noc4c3CCC(F)=C4)CC1)CCCC2OCCCNC(=O)CCN1C(=O)C=CC1=O. The van der Waals surface area contributed by atoms with Crippen LogP contribution in [0.4, 0.5) is 4.39 Å². The Morgan fingerprint density at radius 2 is 1.87 bits per heavy atom. The number of aromatic nitrogens is 3. The molecule has 3 amide bonds. The summed E-state index contributed by atoms with van der Waals surface area (Å²) in [5.41, 5.74) is 3.54. The number of fused-ring (bicyclic) bond motifs is 2. The third-order valence-electron chi connectivity index (χ3n) is 9.46. The number of allylic oxidation sites excluding steroid dienone is 1. The van der Waals surface area contributed by atoms with Crippen LogP contribution in [0.1, 0.15) is 91.1 Å². The molecule has 246 valence electrons. The number of carbonyl (C=O) groups excluding carboxylic acids is 3. The molecule has 1 saturated heterocycles. The molecule has 46 heavy (non-hydrogen) atoms. The second-order valence-corrected chi connectivity index (χ2v) is 12.5. The number of imide groups is 1. The van der Waals surface area contributed by atoms with Crippen LogP contribution in [0.15, 0.2) is 27.3 Å². The first-order valence-electron chi connectivity index (χ1n) is 16.4. The van der Waals surface area contributed by atoms with E-state index in [0.717, 1.165) is 72.7 Å². The molecule has 0 saturated carbocycles. The zero-order valence-corrected chi connectivity index (χ0v) is 26.3. The average Bonchev–Trinajstić information content (AvgIpc) is 3.61. The first kappa shape index (κ1) is 32.0. The van der Waals surface area contributed by atoms with E-state index in [2.05, 4.69) is 15.4 Å². The highest BCUT2D eigenvalue weighted by Crippen LogP contribution is 2.35. The molecule has 12 nitrogen and oxygen atoms in total. The van der Waals surface area contributed by atoms with E-state index in [-0.39, 0.29) is 36.4 Å². The smallest absolute Gasteiger partial charge is 0.257 e. The Kier molecular flexibility index (Phi) is 9.88. The molecule has 2 aromatic heterocycles. The molecule has 13 heteroatoms. The van der Waals surface area contributed by atoms with Gasteiger partial charge in [0.2, 0.25) is 5.91 Å². The summed E-state index contributed by atoms with van der Waals surface area (Å²) >= 11 is 0. The molecule has 1 N–H and O–H groups in total. The number of piperidine rings is 1. The summed E-state index contributed by atoms with van der Waals surface area (Å²) in [5, 5.41) is 7.09. The maximum absolute atomic E-state index is 13.6. The Hall–Kier alpha value is -3.97. The van der Waals surface area contributed by atoms with Gasteiger partial charge in [0.25, 0.3) is 17.4 Å². The minimum Gasteiger partial charge on any atom is -0.370 e. The topological polar surface area (TPSA) is 140 Å². The lowest BCUT2D eigenvalue weighted by atomic mass is 9.88. The van der Waals surface area contributed by atoms with Crippen LogP contribution in [0.2, 0.25) is 0 Å². The Morgan fingerprint density at radius 3 is 2.65 bits per heavy atom. The second kappa shape index (κ2) is 14.2. The molecule has 0 aromatic carbocycles. The lowest BCUT2D eigenvalue weighted by Gasteiger charge is -2.32. The van der Waals surface area contributed by atoms with Crippen molar-refractivity contribution in [2.45, 2.75) is 83.3 Å². The number of halogens is 1. The predicted octanol–water partition coefficient (Wildman–Crippen LogP) is 2.89. The van der Waals surface area contributed by atoms with Gasteiger partial charge in [0, 0.05) is 86.6 Å². The van der Waals surface area contributed by atoms with E-state index in [0.29, 0.717) is 62.9 Å². The molecule has 3 aliphatic heterocycles. The van der Waals surface area contributed by atoms with Crippen LogP contribution < -0.4 is 10.9 Å². The summed E-state index contributed by atoms with van der Waals surface area (Å²) < 4.78 is 27.0. The highest BCUT2D eigenvalue weighted by molar-refractivity contribution is 6.13. The number of nitrogens with zero attached hydrogens (tertiary/aromatic N) is 5. The fraction of sp³-hybridized carbons (Fsp3) is 0.576. The zero-order chi connectivity index (χ0) is 32.2. The number of rotatable bonds is 12. The zero-order valence-electron chi connectivity index (χ0n) is 26.3. The third-order valence-corrected chi connectivity index (χ3v) is 9.46. The molecular weight excluding hydrogens is 595 g/mol. The standard InChI is InChI=1S/C33H41FN6O6/c1-21-24(11-17-38-15-9-22(10-16-38)31-25-6-5-23(34)20-27(25)46-37-31)33(44)40-14-2-4-26(32(40)36-21)45-19-3-13-35-28(41)12-18-39-29(42)7-8-30(39)43/h7-8,20,22,26H,2-6,9-19H2,1H3,(H,35,41). The summed E-state index contributed by atoms with van der Waals surface area (Å²) in [5.74, 6) is 0.356. The van der Waals surface area contributed by atoms with Crippen LogP contribution >= 0.6 is 0 Å². The number of likely N-dealkylation sites (tertiary alicyclic amines) is 1. The van der Waals surface area contributed by atoms with E-state index >= 15 is 0 Å². The average molecular weight is 637 g/mol. The van der Waals surface area contributed by atoms with Crippen LogP contribution in [0.5, 0.6) is 0 Å². The summed E-state index contributed by atoms with van der Waals surface area (Å²) in [6.07, 6.45) is 9.40. The number of aryl methyl sites for hydroxylation is 1. The second-order valence-electron chi connectivity index (χ2n) is 12.5. The Labute approximate surface area is 266 Å². The number of nitrogens with one attached hydrogen (secondary N) is 1. The van der Waals surface area contributed by atoms with Crippen LogP contribution in [-0.4, -0.2) is 81.6 Å². The molecule has 0 bridgehead atoms. The van der Waals surface area contributed by atoms with Gasteiger partial charge in [0.05, 0.1) is 5.69 Å². The molecule has 1 aliphatic carbocycles. The van der Waals surface area contributed by atoms with Gasteiger partial charge in [-0.2, -0.15) is 0 Å². The number of carbonyl (C=O) groups is 3. The molecule has 4 aliphatic rings. The molecule has 0 radical (unpaired) electrons. The monoisotopic (exact) mass is 636 g/mol. The van der Waals surface area contributed by atoms with Crippen LogP contribution in [-0.2, 0) is 38.5 Å². The Morgan fingerprint density at radius 1 is 1.09 bits per heavy atom. The minimum atomic E-state index is -0.397. The van der Waals surface area contributed by atoms with Gasteiger partial charge >= 0.3 is 0 Å². The summed E-state index contributed by atoms with van der Waals surface area (Å²) in [6.45, 7) is 5.96. The van der Waals surface area contributed by atoms with Gasteiger partial charge in [0.1, 0.15) is 17.8 Å². The summed E-state index contributed by atoms with van der Waals surface area (Å²) in [4.78, 5) is 57.2. The first-order chi connectivity index (χ1) is 22.3. The van der Waals surface area contributed by atoms with Gasteiger partial charge < -0.3 is 19.5 Å². The molecule has 1 fully saturated rings. The molecule has 5 heterocycles. The Bertz CT molecular complexity index is 1590. The fourth-order valence-electron chi connectivity index (χ4n) is 6.85. The summed E-state index contributed by atoms with van der Waals surface area (Å²) in [7, 11) is 0. The van der Waals surface area contributed by atoms with Gasteiger partial charge in [-0.15, -0.1) is 0 Å². The van der Waals surface area contributed by atoms with Crippen LogP contribution in [0, 0.1) is 6.92 Å². The molecule has 0 spiro atoms. The van der Waals surface area contributed by atoms with E-state index in [4.69, 9.17) is 14.2 Å². The molecule has 6 rings (SSSR count). The molecule has 1 atom stereocenters. The van der Waals surface area contributed by atoms with E-state index < -0.39 is 11.8 Å². The maximum atomic E-state index is 13.6. The van der Waals surface area contributed by atoms with Gasteiger partial charge in [-0.1, -0.05) is 5.16 Å². The predicted molar refractivity (Wildman–Crippen MR) is 165 cm³/mol. The highest BCUT2D eigenvalue weighted by atomic mass is 19.1. The van der Waals surface area contributed by atoms with E-state index in [9.17, 15) is 23.6 Å². The number of hydrogen-bond donors (Lipinski definition) is 1. The van der Waals surface area contributed by atoms with E-state index in [1.54, 1.807) is 4.57 Å². The summed E-state index contributed by atoms with van der Waals surface area (Å²) in [6, 6.07) is 0. The van der Waals surface area contributed by atoms with Crippen molar-refractivity contribution in [3.8, 4) is 0 Å². The number of hydrogen-bond acceptors (Lipinski definition) is 9. The minimum absolute atomic E-state index is 0.0117. The van der Waals surface area contributed by atoms with Gasteiger partial charge in [-0.25, -0.2) is 9.37 Å². The number of ether oxygens (including phenoxy) is 1. The van der Waals surface area contributed by atoms with Crippen molar-refractivity contribution >= 4 is 23.8 Å². The third kappa shape index (κ3) is 7.05. The number of amides is 3. The lowest BCUT2D eigenvalue weighted by molar-refractivity contribution is -0.137. The van der Waals surface area contributed by atoms with Crippen molar-refractivity contribution in [2.24, 2.45) is 0 Å². The van der Waals surface area contributed by atoms with Crippen molar-refractivity contribution < 1.29 is 28.0 Å². The van der Waals surface area contributed by atoms with E-state index in [1.807, 2.05) is 6.92 Å². The van der Waals surface area contributed by atoms with Gasteiger partial charge in [-0.05, 0) is 65.0 Å². The van der Waals surface area contributed by atoms with Crippen molar-refractivity contribution in [1.82, 2.24) is 29.8 Å². The highest BCUT2D eigenvalue weighted by Gasteiger charge is 2.30. The van der Waals surface area contributed by atoms with Crippen LogP contribution in [0.25, 0.3) is 6.08 Å². The molecular formula is C33H41FN6O6. The molecule has 1 unspecified atom stereocenters. The van der Waals surface area contributed by atoms with Crippen molar-refractivity contribution in [1.29, 1.82) is 0 Å². The Balaban J connectivity index is 0.952. The van der Waals surface area contributed by atoms with Gasteiger partial charge in [-0.3, -0.25) is 28.6 Å². The maximum Gasteiger partial charge on any atom is 0.257 e.